The lowest BCUT2D eigenvalue weighted by atomic mass is 9.81. The highest BCUT2D eigenvalue weighted by Gasteiger charge is 2.52. The molecule has 0 aromatic heterocycles. The monoisotopic (exact) mass is 310 g/mol. The number of rotatable bonds is 1. The predicted octanol–water partition coefficient (Wildman–Crippen LogP) is 2.83. The van der Waals surface area contributed by atoms with Gasteiger partial charge in [-0.2, -0.15) is 0 Å². The molecule has 0 amide bonds. The highest BCUT2D eigenvalue weighted by atomic mass is 79.9. The maximum absolute atomic E-state index is 5.41. The number of likely N-dealkylation sites (N-methyl/N-ethyl adjacent to an activating group) is 2. The maximum atomic E-state index is 5.41. The van der Waals surface area contributed by atoms with Crippen molar-refractivity contribution >= 4 is 21.6 Å². The fourth-order valence-corrected chi connectivity index (χ4v) is 4.23. The molecule has 2 aliphatic rings. The Balaban J connectivity index is 2.18. The van der Waals surface area contributed by atoms with E-state index in [2.05, 4.69) is 58.9 Å². The lowest BCUT2D eigenvalue weighted by molar-refractivity contribution is 0.268. The van der Waals surface area contributed by atoms with Crippen molar-refractivity contribution < 1.29 is 4.74 Å². The first-order valence-electron chi connectivity index (χ1n) is 6.30. The average molecular weight is 311 g/mol. The third-order valence-electron chi connectivity index (χ3n) is 4.60. The van der Waals surface area contributed by atoms with E-state index in [1.807, 2.05) is 0 Å². The molecule has 2 atom stereocenters. The summed E-state index contributed by atoms with van der Waals surface area (Å²) in [5, 5.41) is 0. The number of benzene rings is 1. The number of nitrogens with zero attached hydrogens (tertiary/aromatic N) is 2. The Bertz CT molecular complexity index is 505. The second-order valence-electron chi connectivity index (χ2n) is 5.64. The highest BCUT2D eigenvalue weighted by Crippen LogP contribution is 2.52. The molecule has 18 heavy (non-hydrogen) atoms. The molecule has 0 radical (unpaired) electrons. The standard InChI is InChI=1S/C14H19BrN2O/c1-14-5-6-16(2)13(14)17(3)11-8-12(18-4)10(15)7-9(11)14/h7-8,13H,5-6H2,1-4H3. The van der Waals surface area contributed by atoms with Gasteiger partial charge < -0.3 is 9.64 Å². The van der Waals surface area contributed by atoms with Crippen LogP contribution < -0.4 is 9.64 Å². The van der Waals surface area contributed by atoms with Gasteiger partial charge in [-0.15, -0.1) is 0 Å². The van der Waals surface area contributed by atoms with Crippen LogP contribution in [0.2, 0.25) is 0 Å². The van der Waals surface area contributed by atoms with Gasteiger partial charge in [-0.1, -0.05) is 6.92 Å². The van der Waals surface area contributed by atoms with Gasteiger partial charge in [-0.3, -0.25) is 4.90 Å². The van der Waals surface area contributed by atoms with Crippen molar-refractivity contribution in [3.8, 4) is 5.75 Å². The molecule has 0 bridgehead atoms. The van der Waals surface area contributed by atoms with Crippen LogP contribution in [0.4, 0.5) is 5.69 Å². The fourth-order valence-electron chi connectivity index (χ4n) is 3.72. The first-order chi connectivity index (χ1) is 8.49. The Morgan fingerprint density at radius 3 is 2.78 bits per heavy atom. The number of fused-ring (bicyclic) bond motifs is 3. The highest BCUT2D eigenvalue weighted by molar-refractivity contribution is 9.10. The molecule has 2 unspecified atom stereocenters. The number of halogens is 1. The van der Waals surface area contributed by atoms with Gasteiger partial charge in [0.05, 0.1) is 17.7 Å². The summed E-state index contributed by atoms with van der Waals surface area (Å²) in [7, 11) is 6.12. The van der Waals surface area contributed by atoms with Gasteiger partial charge in [0.25, 0.3) is 0 Å². The van der Waals surface area contributed by atoms with E-state index in [4.69, 9.17) is 4.74 Å². The molecule has 4 heteroatoms. The SMILES string of the molecule is COc1cc2c(cc1Br)C1(C)CCN(C)C1N2C. The van der Waals surface area contributed by atoms with Gasteiger partial charge in [0.2, 0.25) is 0 Å². The van der Waals surface area contributed by atoms with Crippen LogP contribution in [0.3, 0.4) is 0 Å². The predicted molar refractivity (Wildman–Crippen MR) is 77.5 cm³/mol. The van der Waals surface area contributed by atoms with Crippen molar-refractivity contribution in [2.24, 2.45) is 0 Å². The first-order valence-corrected chi connectivity index (χ1v) is 7.09. The largest absolute Gasteiger partial charge is 0.495 e. The van der Waals surface area contributed by atoms with Gasteiger partial charge in [0, 0.05) is 30.8 Å². The second kappa shape index (κ2) is 3.87. The zero-order chi connectivity index (χ0) is 13.1. The summed E-state index contributed by atoms with van der Waals surface area (Å²) in [5.41, 5.74) is 2.97. The van der Waals surface area contributed by atoms with Crippen molar-refractivity contribution in [2.75, 3.05) is 32.6 Å². The summed E-state index contributed by atoms with van der Waals surface area (Å²) in [6.07, 6.45) is 1.68. The number of ether oxygens (including phenoxy) is 1. The Labute approximate surface area is 117 Å². The maximum Gasteiger partial charge on any atom is 0.135 e. The van der Waals surface area contributed by atoms with E-state index >= 15 is 0 Å². The van der Waals surface area contributed by atoms with E-state index in [1.54, 1.807) is 7.11 Å². The molecule has 0 saturated carbocycles. The smallest absolute Gasteiger partial charge is 0.135 e. The molecule has 1 aromatic carbocycles. The normalized spacial score (nSPS) is 30.5. The Kier molecular flexibility index (Phi) is 2.65. The van der Waals surface area contributed by atoms with Gasteiger partial charge in [-0.05, 0) is 41.0 Å². The number of methoxy groups -OCH3 is 1. The zero-order valence-electron chi connectivity index (χ0n) is 11.3. The Morgan fingerprint density at radius 2 is 2.11 bits per heavy atom. The average Bonchev–Trinajstić information content (AvgIpc) is 2.75. The van der Waals surface area contributed by atoms with Gasteiger partial charge in [0.15, 0.2) is 0 Å². The lowest BCUT2D eigenvalue weighted by Gasteiger charge is -2.32. The topological polar surface area (TPSA) is 15.7 Å². The van der Waals surface area contributed by atoms with Crippen LogP contribution in [0.1, 0.15) is 18.9 Å². The minimum Gasteiger partial charge on any atom is -0.495 e. The van der Waals surface area contributed by atoms with E-state index in [1.165, 1.54) is 17.7 Å². The van der Waals surface area contributed by atoms with Gasteiger partial charge in [-0.25, -0.2) is 0 Å². The minimum atomic E-state index is 0.230. The van der Waals surface area contributed by atoms with Crippen molar-refractivity contribution in [2.45, 2.75) is 24.9 Å². The molecular weight excluding hydrogens is 292 g/mol. The van der Waals surface area contributed by atoms with E-state index in [-0.39, 0.29) is 5.41 Å². The van der Waals surface area contributed by atoms with Crippen LogP contribution >= 0.6 is 15.9 Å². The molecule has 0 spiro atoms. The van der Waals surface area contributed by atoms with Crippen molar-refractivity contribution in [3.05, 3.63) is 22.2 Å². The summed E-state index contributed by atoms with van der Waals surface area (Å²) in [4.78, 5) is 4.83. The minimum absolute atomic E-state index is 0.230. The Hall–Kier alpha value is -0.740. The van der Waals surface area contributed by atoms with Crippen molar-refractivity contribution in [3.63, 3.8) is 0 Å². The Morgan fingerprint density at radius 1 is 1.39 bits per heavy atom. The van der Waals surface area contributed by atoms with Crippen molar-refractivity contribution in [1.82, 2.24) is 4.90 Å². The van der Waals surface area contributed by atoms with Crippen LogP contribution in [-0.4, -0.2) is 38.8 Å². The molecule has 98 valence electrons. The third-order valence-corrected chi connectivity index (χ3v) is 5.22. The molecule has 3 rings (SSSR count). The lowest BCUT2D eigenvalue weighted by Crippen LogP contribution is -2.45. The van der Waals surface area contributed by atoms with E-state index in [0.29, 0.717) is 6.17 Å². The van der Waals surface area contributed by atoms with Crippen LogP contribution in [0.25, 0.3) is 0 Å². The van der Waals surface area contributed by atoms with Crippen LogP contribution in [0, 0.1) is 0 Å². The molecular formula is C14H19BrN2O. The van der Waals surface area contributed by atoms with E-state index in [0.717, 1.165) is 16.8 Å². The summed E-state index contributed by atoms with van der Waals surface area (Å²) in [6, 6.07) is 4.39. The third kappa shape index (κ3) is 1.39. The summed E-state index contributed by atoms with van der Waals surface area (Å²) in [6.45, 7) is 3.54. The molecule has 1 fully saturated rings. The summed E-state index contributed by atoms with van der Waals surface area (Å²) < 4.78 is 6.46. The fraction of sp³-hybridized carbons (Fsp3) is 0.571. The molecule has 0 aliphatic carbocycles. The van der Waals surface area contributed by atoms with E-state index in [9.17, 15) is 0 Å². The summed E-state index contributed by atoms with van der Waals surface area (Å²) >= 11 is 3.61. The number of hydrogen-bond donors (Lipinski definition) is 0. The van der Waals surface area contributed by atoms with Crippen LogP contribution in [0.15, 0.2) is 16.6 Å². The second-order valence-corrected chi connectivity index (χ2v) is 6.49. The molecule has 1 saturated heterocycles. The summed E-state index contributed by atoms with van der Waals surface area (Å²) in [5.74, 6) is 0.909. The first kappa shape index (κ1) is 12.3. The number of hydrogen-bond acceptors (Lipinski definition) is 3. The van der Waals surface area contributed by atoms with Crippen LogP contribution in [-0.2, 0) is 5.41 Å². The number of likely N-dealkylation sites (tertiary alicyclic amines) is 1. The zero-order valence-corrected chi connectivity index (χ0v) is 12.9. The van der Waals surface area contributed by atoms with Crippen molar-refractivity contribution in [1.29, 1.82) is 0 Å². The molecule has 3 nitrogen and oxygen atoms in total. The van der Waals surface area contributed by atoms with Gasteiger partial charge in [0.1, 0.15) is 5.75 Å². The molecule has 0 N–H and O–H groups in total. The van der Waals surface area contributed by atoms with E-state index < -0.39 is 0 Å². The number of anilines is 1. The van der Waals surface area contributed by atoms with Gasteiger partial charge >= 0.3 is 0 Å². The molecule has 2 aliphatic heterocycles. The molecule has 1 aromatic rings. The quantitative estimate of drug-likeness (QED) is 0.793. The van der Waals surface area contributed by atoms with Crippen LogP contribution in [0.5, 0.6) is 5.75 Å². The molecule has 2 heterocycles.